The summed E-state index contributed by atoms with van der Waals surface area (Å²) in [5.74, 6) is -0.853. The van der Waals surface area contributed by atoms with Gasteiger partial charge < -0.3 is 9.84 Å². The number of hydrogen-bond acceptors (Lipinski definition) is 3. The highest BCUT2D eigenvalue weighted by molar-refractivity contribution is 6.02. The van der Waals surface area contributed by atoms with Crippen LogP contribution in [-0.2, 0) is 4.74 Å². The number of esters is 1. The largest absolute Gasteiger partial charge is 0.478 e. The SMILES string of the molecule is CC(C)CCCCCCCCCCOC(=O)c1ccccc1C(=O)O. The molecule has 0 saturated carbocycles. The summed E-state index contributed by atoms with van der Waals surface area (Å²) in [4.78, 5) is 23.1. The third-order valence-corrected chi connectivity index (χ3v) is 4.29. The van der Waals surface area contributed by atoms with Gasteiger partial charge in [0.25, 0.3) is 0 Å². The van der Waals surface area contributed by atoms with E-state index in [1.54, 1.807) is 12.1 Å². The Bertz CT molecular complexity index is 522. The van der Waals surface area contributed by atoms with Gasteiger partial charge in [0, 0.05) is 0 Å². The normalized spacial score (nSPS) is 10.8. The van der Waals surface area contributed by atoms with Gasteiger partial charge in [0.1, 0.15) is 0 Å². The first kappa shape index (κ1) is 21.2. The molecule has 1 aromatic carbocycles. The number of unbranched alkanes of at least 4 members (excludes halogenated alkanes) is 7. The Morgan fingerprint density at radius 2 is 1.40 bits per heavy atom. The maximum absolute atomic E-state index is 12.0. The molecule has 1 N–H and O–H groups in total. The summed E-state index contributed by atoms with van der Waals surface area (Å²) in [6, 6.07) is 6.15. The van der Waals surface area contributed by atoms with Crippen LogP contribution in [0.2, 0.25) is 0 Å². The van der Waals surface area contributed by atoms with Crippen LogP contribution >= 0.6 is 0 Å². The van der Waals surface area contributed by atoms with Crippen molar-refractivity contribution in [3.8, 4) is 0 Å². The van der Waals surface area contributed by atoms with Crippen LogP contribution in [0.4, 0.5) is 0 Å². The second kappa shape index (κ2) is 12.5. The molecule has 0 fully saturated rings. The van der Waals surface area contributed by atoms with Crippen LogP contribution in [0.25, 0.3) is 0 Å². The van der Waals surface area contributed by atoms with Crippen LogP contribution in [0.5, 0.6) is 0 Å². The fourth-order valence-corrected chi connectivity index (χ4v) is 2.81. The minimum atomic E-state index is -1.11. The zero-order valence-corrected chi connectivity index (χ0v) is 15.6. The van der Waals surface area contributed by atoms with Crippen LogP contribution in [0.1, 0.15) is 92.4 Å². The molecule has 0 aliphatic heterocycles. The predicted octanol–water partition coefficient (Wildman–Crippen LogP) is 5.71. The summed E-state index contributed by atoms with van der Waals surface area (Å²) >= 11 is 0. The lowest BCUT2D eigenvalue weighted by molar-refractivity contribution is 0.0487. The lowest BCUT2D eigenvalue weighted by Gasteiger charge is -2.07. The lowest BCUT2D eigenvalue weighted by atomic mass is 10.0. The van der Waals surface area contributed by atoms with E-state index in [0.29, 0.717) is 6.61 Å². The Morgan fingerprint density at radius 1 is 0.880 bits per heavy atom. The molecule has 140 valence electrons. The lowest BCUT2D eigenvalue weighted by Crippen LogP contribution is -2.12. The van der Waals surface area contributed by atoms with Crippen molar-refractivity contribution in [2.75, 3.05) is 6.61 Å². The predicted molar refractivity (Wildman–Crippen MR) is 100 cm³/mol. The van der Waals surface area contributed by atoms with Gasteiger partial charge in [-0.05, 0) is 24.5 Å². The molecule has 1 rings (SSSR count). The molecular weight excluding hydrogens is 316 g/mol. The Kier molecular flexibility index (Phi) is 10.6. The maximum Gasteiger partial charge on any atom is 0.339 e. The summed E-state index contributed by atoms with van der Waals surface area (Å²) in [5.41, 5.74) is 0.112. The van der Waals surface area contributed by atoms with Gasteiger partial charge in [0.2, 0.25) is 0 Å². The smallest absolute Gasteiger partial charge is 0.339 e. The Balaban J connectivity index is 2.07. The molecule has 4 nitrogen and oxygen atoms in total. The van der Waals surface area contributed by atoms with Crippen LogP contribution in [0.3, 0.4) is 0 Å². The highest BCUT2D eigenvalue weighted by atomic mass is 16.5. The van der Waals surface area contributed by atoms with Crippen LogP contribution < -0.4 is 0 Å². The molecule has 0 spiro atoms. The quantitative estimate of drug-likeness (QED) is 0.366. The maximum atomic E-state index is 12.0. The number of carboxylic acids is 1. The summed E-state index contributed by atoms with van der Waals surface area (Å²) in [6.07, 6.45) is 10.9. The van der Waals surface area contributed by atoms with E-state index in [1.165, 1.54) is 50.7 Å². The molecule has 0 aliphatic rings. The Morgan fingerprint density at radius 3 is 1.96 bits per heavy atom. The topological polar surface area (TPSA) is 63.6 Å². The highest BCUT2D eigenvalue weighted by Gasteiger charge is 2.16. The van der Waals surface area contributed by atoms with Crippen molar-refractivity contribution in [1.82, 2.24) is 0 Å². The van der Waals surface area contributed by atoms with Gasteiger partial charge in [-0.15, -0.1) is 0 Å². The molecule has 0 atom stereocenters. The van der Waals surface area contributed by atoms with E-state index in [1.807, 2.05) is 0 Å². The zero-order valence-electron chi connectivity index (χ0n) is 15.6. The molecule has 0 aliphatic carbocycles. The van der Waals surface area contributed by atoms with Gasteiger partial charge in [-0.1, -0.05) is 77.3 Å². The highest BCUT2D eigenvalue weighted by Crippen LogP contribution is 2.13. The average molecular weight is 348 g/mol. The third kappa shape index (κ3) is 9.28. The van der Waals surface area contributed by atoms with Crippen molar-refractivity contribution in [3.63, 3.8) is 0 Å². The van der Waals surface area contributed by atoms with Crippen molar-refractivity contribution in [2.45, 2.75) is 71.6 Å². The van der Waals surface area contributed by atoms with Gasteiger partial charge >= 0.3 is 11.9 Å². The molecule has 0 heterocycles. The molecule has 0 radical (unpaired) electrons. The fraction of sp³-hybridized carbons (Fsp3) is 0.619. The molecular formula is C21H32O4. The van der Waals surface area contributed by atoms with Crippen molar-refractivity contribution < 1.29 is 19.4 Å². The Labute approximate surface area is 151 Å². The van der Waals surface area contributed by atoms with Crippen molar-refractivity contribution in [3.05, 3.63) is 35.4 Å². The summed E-state index contributed by atoms with van der Waals surface area (Å²) in [5, 5.41) is 9.08. The first-order valence-electron chi connectivity index (χ1n) is 9.51. The summed E-state index contributed by atoms with van der Waals surface area (Å²) in [7, 11) is 0. The molecule has 0 unspecified atom stereocenters. The van der Waals surface area contributed by atoms with Gasteiger partial charge in [-0.2, -0.15) is 0 Å². The number of carbonyl (C=O) groups excluding carboxylic acids is 1. The first-order valence-corrected chi connectivity index (χ1v) is 9.51. The number of rotatable bonds is 13. The van der Waals surface area contributed by atoms with Crippen molar-refractivity contribution >= 4 is 11.9 Å². The van der Waals surface area contributed by atoms with Crippen LogP contribution in [0, 0.1) is 5.92 Å². The second-order valence-corrected chi connectivity index (χ2v) is 7.00. The van der Waals surface area contributed by atoms with Crippen molar-refractivity contribution in [2.24, 2.45) is 5.92 Å². The molecule has 1 aromatic rings. The van der Waals surface area contributed by atoms with Gasteiger partial charge in [-0.25, -0.2) is 9.59 Å². The first-order chi connectivity index (χ1) is 12.0. The monoisotopic (exact) mass is 348 g/mol. The van der Waals surface area contributed by atoms with E-state index < -0.39 is 11.9 Å². The molecule has 25 heavy (non-hydrogen) atoms. The van der Waals surface area contributed by atoms with E-state index in [2.05, 4.69) is 13.8 Å². The molecule has 0 aromatic heterocycles. The number of aromatic carboxylic acids is 1. The second-order valence-electron chi connectivity index (χ2n) is 7.00. The van der Waals surface area contributed by atoms with E-state index in [4.69, 9.17) is 9.84 Å². The number of carboxylic acid groups (broad SMARTS) is 1. The molecule has 4 heteroatoms. The van der Waals surface area contributed by atoms with E-state index in [9.17, 15) is 9.59 Å². The van der Waals surface area contributed by atoms with Crippen LogP contribution in [0.15, 0.2) is 24.3 Å². The van der Waals surface area contributed by atoms with Gasteiger partial charge in [-0.3, -0.25) is 0 Å². The third-order valence-electron chi connectivity index (χ3n) is 4.29. The molecule has 0 bridgehead atoms. The Hall–Kier alpha value is -1.84. The summed E-state index contributed by atoms with van der Waals surface area (Å²) in [6.45, 7) is 4.89. The van der Waals surface area contributed by atoms with Crippen molar-refractivity contribution in [1.29, 1.82) is 0 Å². The van der Waals surface area contributed by atoms with E-state index >= 15 is 0 Å². The van der Waals surface area contributed by atoms with E-state index in [0.717, 1.165) is 25.2 Å². The zero-order chi connectivity index (χ0) is 18.5. The standard InChI is InChI=1S/C21H32O4/c1-17(2)13-9-7-5-3-4-6-8-12-16-25-21(24)19-15-11-10-14-18(19)20(22)23/h10-11,14-15,17H,3-9,12-13,16H2,1-2H3,(H,22,23). The number of carbonyl (C=O) groups is 2. The van der Waals surface area contributed by atoms with Gasteiger partial charge in [0.05, 0.1) is 17.7 Å². The van der Waals surface area contributed by atoms with Gasteiger partial charge in [0.15, 0.2) is 0 Å². The fourth-order valence-electron chi connectivity index (χ4n) is 2.81. The number of hydrogen-bond donors (Lipinski definition) is 1. The minimum Gasteiger partial charge on any atom is -0.478 e. The minimum absolute atomic E-state index is 0.00929. The average Bonchev–Trinajstić information content (AvgIpc) is 2.59. The molecule has 0 amide bonds. The van der Waals surface area contributed by atoms with E-state index in [-0.39, 0.29) is 11.1 Å². The number of benzene rings is 1. The van der Waals surface area contributed by atoms with Crippen LogP contribution in [-0.4, -0.2) is 23.7 Å². The summed E-state index contributed by atoms with van der Waals surface area (Å²) < 4.78 is 5.20. The molecule has 0 saturated heterocycles. The number of ether oxygens (including phenoxy) is 1.